The monoisotopic (exact) mass is 276 g/mol. The largest absolute Gasteiger partial charge is 0.416 e. The Morgan fingerprint density at radius 3 is 2.44 bits per heavy atom. The van der Waals surface area contributed by atoms with E-state index >= 15 is 0 Å². The number of halogens is 1. The lowest BCUT2D eigenvalue weighted by atomic mass is 10.2. The fourth-order valence-electron chi connectivity index (χ4n) is 1.12. The van der Waals surface area contributed by atoms with Crippen LogP contribution in [0.5, 0.6) is 0 Å². The zero-order chi connectivity index (χ0) is 12.4. The van der Waals surface area contributed by atoms with E-state index in [-0.39, 0.29) is 5.04 Å². The van der Waals surface area contributed by atoms with Crippen LogP contribution in [-0.2, 0) is 10.8 Å². The Labute approximate surface area is 109 Å². The minimum Gasteiger partial charge on any atom is -0.416 e. The second-order valence-electron chi connectivity index (χ2n) is 5.55. The van der Waals surface area contributed by atoms with Crippen LogP contribution >= 0.6 is 22.9 Å². The van der Waals surface area contributed by atoms with Crippen molar-refractivity contribution in [1.82, 2.24) is 0 Å². The normalized spacial score (nSPS) is 13.1. The molecule has 0 saturated heterocycles. The summed E-state index contributed by atoms with van der Waals surface area (Å²) in [6.07, 6.45) is 0.934. The number of hydrogen-bond acceptors (Lipinski definition) is 2. The van der Waals surface area contributed by atoms with Gasteiger partial charge in [0.05, 0.1) is 5.02 Å². The van der Waals surface area contributed by atoms with E-state index in [0.29, 0.717) is 0 Å². The minimum atomic E-state index is -1.59. The Balaban J connectivity index is 2.45. The second kappa shape index (κ2) is 5.21. The number of hydrogen-bond donors (Lipinski definition) is 0. The average molecular weight is 277 g/mol. The molecule has 0 aliphatic rings. The highest BCUT2D eigenvalue weighted by Crippen LogP contribution is 2.36. The van der Waals surface area contributed by atoms with Gasteiger partial charge >= 0.3 is 0 Å². The van der Waals surface area contributed by atoms with Crippen LogP contribution in [0.15, 0.2) is 11.4 Å². The van der Waals surface area contributed by atoms with Crippen molar-refractivity contribution >= 4 is 31.3 Å². The van der Waals surface area contributed by atoms with Crippen LogP contribution in [0.25, 0.3) is 0 Å². The molecule has 0 aromatic carbocycles. The molecule has 0 amide bonds. The zero-order valence-corrected chi connectivity index (χ0v) is 13.3. The van der Waals surface area contributed by atoms with E-state index in [1.54, 1.807) is 11.3 Å². The van der Waals surface area contributed by atoms with Crippen molar-refractivity contribution in [2.45, 2.75) is 45.3 Å². The summed E-state index contributed by atoms with van der Waals surface area (Å²) in [7, 11) is -1.59. The van der Waals surface area contributed by atoms with Crippen molar-refractivity contribution in [2.24, 2.45) is 0 Å². The molecule has 1 rings (SSSR count). The van der Waals surface area contributed by atoms with Crippen molar-refractivity contribution in [1.29, 1.82) is 0 Å². The van der Waals surface area contributed by atoms with E-state index in [1.165, 1.54) is 4.88 Å². The number of thiophene rings is 1. The first-order valence-electron chi connectivity index (χ1n) is 5.60. The topological polar surface area (TPSA) is 9.23 Å². The molecule has 0 aliphatic carbocycles. The van der Waals surface area contributed by atoms with Crippen LogP contribution < -0.4 is 0 Å². The van der Waals surface area contributed by atoms with Crippen LogP contribution in [-0.4, -0.2) is 14.9 Å². The Morgan fingerprint density at radius 2 is 2.00 bits per heavy atom. The van der Waals surface area contributed by atoms with Gasteiger partial charge in [0.1, 0.15) is 0 Å². The molecule has 0 aliphatic heterocycles. The maximum Gasteiger partial charge on any atom is 0.191 e. The van der Waals surface area contributed by atoms with Gasteiger partial charge in [-0.1, -0.05) is 32.4 Å². The molecular weight excluding hydrogens is 256 g/mol. The third-order valence-corrected chi connectivity index (χ3v) is 9.27. The average Bonchev–Trinajstić information content (AvgIpc) is 2.49. The molecule has 0 N–H and O–H groups in total. The molecular formula is C12H21ClOSSi. The third-order valence-electron chi connectivity index (χ3n) is 3.29. The van der Waals surface area contributed by atoms with Gasteiger partial charge in [-0.15, -0.1) is 11.3 Å². The van der Waals surface area contributed by atoms with Gasteiger partial charge in [0.2, 0.25) is 0 Å². The molecule has 1 aromatic rings. The minimum absolute atomic E-state index is 0.284. The zero-order valence-electron chi connectivity index (χ0n) is 10.8. The smallest absolute Gasteiger partial charge is 0.191 e. The summed E-state index contributed by atoms with van der Waals surface area (Å²) in [5.41, 5.74) is 0. The van der Waals surface area contributed by atoms with Gasteiger partial charge in [-0.2, -0.15) is 0 Å². The maximum atomic E-state index is 6.11. The van der Waals surface area contributed by atoms with Crippen molar-refractivity contribution < 1.29 is 4.43 Å². The van der Waals surface area contributed by atoms with E-state index < -0.39 is 8.32 Å². The Kier molecular flexibility index (Phi) is 4.64. The van der Waals surface area contributed by atoms with E-state index in [1.807, 2.05) is 11.4 Å². The van der Waals surface area contributed by atoms with Gasteiger partial charge in [0.25, 0.3) is 0 Å². The lowest BCUT2D eigenvalue weighted by Crippen LogP contribution is -2.41. The second-order valence-corrected chi connectivity index (χ2v) is 11.8. The Hall–Kier alpha value is 0.167. The van der Waals surface area contributed by atoms with Crippen LogP contribution in [0.2, 0.25) is 23.2 Å². The molecule has 0 radical (unpaired) electrons. The van der Waals surface area contributed by atoms with E-state index in [0.717, 1.165) is 18.1 Å². The van der Waals surface area contributed by atoms with E-state index in [4.69, 9.17) is 16.0 Å². The summed E-state index contributed by atoms with van der Waals surface area (Å²) in [6, 6.07) is 1.95. The summed E-state index contributed by atoms with van der Waals surface area (Å²) in [4.78, 5) is 1.24. The lowest BCUT2D eigenvalue weighted by molar-refractivity contribution is 0.293. The highest BCUT2D eigenvalue weighted by molar-refractivity contribution is 7.10. The molecule has 1 nitrogen and oxygen atoms in total. The Morgan fingerprint density at radius 1 is 1.38 bits per heavy atom. The molecule has 92 valence electrons. The standard InChI is InChI=1S/C12H21ClOSSi/c1-12(2,3)16(4,5)14-8-6-11-10(13)7-9-15-11/h7,9H,6,8H2,1-5H3. The fourth-order valence-corrected chi connectivity index (χ4v) is 3.28. The van der Waals surface area contributed by atoms with Gasteiger partial charge in [-0.05, 0) is 29.6 Å². The predicted molar refractivity (Wildman–Crippen MR) is 76.2 cm³/mol. The molecule has 0 saturated carbocycles. The van der Waals surface area contributed by atoms with Crippen LogP contribution in [0.3, 0.4) is 0 Å². The van der Waals surface area contributed by atoms with Gasteiger partial charge in [-0.3, -0.25) is 0 Å². The van der Waals surface area contributed by atoms with Crippen LogP contribution in [0, 0.1) is 0 Å². The van der Waals surface area contributed by atoms with Gasteiger partial charge in [0, 0.05) is 17.9 Å². The number of rotatable bonds is 4. The van der Waals surface area contributed by atoms with E-state index in [2.05, 4.69) is 33.9 Å². The van der Waals surface area contributed by atoms with Gasteiger partial charge < -0.3 is 4.43 Å². The molecule has 1 aromatic heterocycles. The fraction of sp³-hybridized carbons (Fsp3) is 0.667. The summed E-state index contributed by atoms with van der Waals surface area (Å²) in [6.45, 7) is 12.1. The molecule has 0 spiro atoms. The third kappa shape index (κ3) is 3.59. The molecule has 1 heterocycles. The maximum absolute atomic E-state index is 6.11. The molecule has 0 bridgehead atoms. The molecule has 0 unspecified atom stereocenters. The van der Waals surface area contributed by atoms with Crippen LogP contribution in [0.1, 0.15) is 25.6 Å². The van der Waals surface area contributed by atoms with Gasteiger partial charge in [0.15, 0.2) is 8.32 Å². The Bertz CT molecular complexity index is 341. The summed E-state index contributed by atoms with van der Waals surface area (Å²) in [5, 5.41) is 3.19. The molecule has 0 fully saturated rings. The SMILES string of the molecule is CC(C)(C)[Si](C)(C)OCCc1sccc1Cl. The summed E-state index contributed by atoms with van der Waals surface area (Å²) < 4.78 is 6.11. The van der Waals surface area contributed by atoms with Crippen LogP contribution in [0.4, 0.5) is 0 Å². The molecule has 4 heteroatoms. The van der Waals surface area contributed by atoms with E-state index in [9.17, 15) is 0 Å². The van der Waals surface area contributed by atoms with Crippen molar-refractivity contribution in [3.8, 4) is 0 Å². The summed E-state index contributed by atoms with van der Waals surface area (Å²) in [5.74, 6) is 0. The summed E-state index contributed by atoms with van der Waals surface area (Å²) >= 11 is 7.76. The highest BCUT2D eigenvalue weighted by Gasteiger charge is 2.36. The first-order valence-corrected chi connectivity index (χ1v) is 9.76. The molecule has 16 heavy (non-hydrogen) atoms. The quantitative estimate of drug-likeness (QED) is 0.706. The lowest BCUT2D eigenvalue weighted by Gasteiger charge is -2.36. The van der Waals surface area contributed by atoms with Crippen molar-refractivity contribution in [2.75, 3.05) is 6.61 Å². The molecule has 0 atom stereocenters. The highest BCUT2D eigenvalue weighted by atomic mass is 35.5. The van der Waals surface area contributed by atoms with Crippen molar-refractivity contribution in [3.63, 3.8) is 0 Å². The first-order chi connectivity index (χ1) is 7.24. The first kappa shape index (κ1) is 14.2. The van der Waals surface area contributed by atoms with Crippen molar-refractivity contribution in [3.05, 3.63) is 21.3 Å². The van der Waals surface area contributed by atoms with Gasteiger partial charge in [-0.25, -0.2) is 0 Å². The predicted octanol–water partition coefficient (Wildman–Crippen LogP) is 4.97.